The lowest BCUT2D eigenvalue weighted by Crippen LogP contribution is -2.22. The van der Waals surface area contributed by atoms with Crippen LogP contribution in [0.5, 0.6) is 0 Å². The third-order valence-corrected chi connectivity index (χ3v) is 5.42. The molecule has 2 aromatic heterocycles. The Labute approximate surface area is 190 Å². The zero-order valence-electron chi connectivity index (χ0n) is 17.9. The summed E-state index contributed by atoms with van der Waals surface area (Å²) in [6.07, 6.45) is 0. The van der Waals surface area contributed by atoms with E-state index in [4.69, 9.17) is 26.4 Å². The van der Waals surface area contributed by atoms with E-state index in [9.17, 15) is 9.50 Å². The fourth-order valence-corrected chi connectivity index (χ4v) is 3.70. The third-order valence-electron chi connectivity index (χ3n) is 5.17. The van der Waals surface area contributed by atoms with Crippen molar-refractivity contribution in [3.8, 4) is 22.4 Å². The molecule has 0 atom stereocenters. The molecule has 0 unspecified atom stereocenters. The molecule has 0 aliphatic rings. The molecule has 8 heteroatoms. The SMILES string of the molecule is CCOCc1nn2c(-c3cccc(F)c3)cc(N(C)CCO)nc2c1-c1ccc(Cl)cc1. The number of nitrogens with zero attached hydrogens (tertiary/aromatic N) is 4. The number of anilines is 1. The van der Waals surface area contributed by atoms with Crippen LogP contribution >= 0.6 is 11.6 Å². The second kappa shape index (κ2) is 9.65. The van der Waals surface area contributed by atoms with E-state index < -0.39 is 0 Å². The van der Waals surface area contributed by atoms with Crippen molar-refractivity contribution in [3.63, 3.8) is 0 Å². The maximum absolute atomic E-state index is 14.1. The van der Waals surface area contributed by atoms with E-state index in [1.807, 2.05) is 55.3 Å². The van der Waals surface area contributed by atoms with Gasteiger partial charge in [-0.3, -0.25) is 0 Å². The van der Waals surface area contributed by atoms with Crippen molar-refractivity contribution in [2.24, 2.45) is 0 Å². The smallest absolute Gasteiger partial charge is 0.166 e. The van der Waals surface area contributed by atoms with Crippen molar-refractivity contribution in [1.82, 2.24) is 14.6 Å². The molecule has 4 aromatic rings. The maximum atomic E-state index is 14.1. The predicted octanol–water partition coefficient (Wildman–Crippen LogP) is 4.82. The molecule has 0 radical (unpaired) electrons. The number of fused-ring (bicyclic) bond motifs is 1. The van der Waals surface area contributed by atoms with Gasteiger partial charge < -0.3 is 14.7 Å². The molecule has 0 aliphatic heterocycles. The first-order valence-electron chi connectivity index (χ1n) is 10.4. The molecule has 166 valence electrons. The summed E-state index contributed by atoms with van der Waals surface area (Å²) in [6, 6.07) is 15.7. The van der Waals surface area contributed by atoms with Crippen molar-refractivity contribution in [3.05, 3.63) is 71.1 Å². The van der Waals surface area contributed by atoms with Gasteiger partial charge in [0, 0.05) is 36.9 Å². The summed E-state index contributed by atoms with van der Waals surface area (Å²) >= 11 is 6.11. The highest BCUT2D eigenvalue weighted by molar-refractivity contribution is 6.30. The highest BCUT2D eigenvalue weighted by Crippen LogP contribution is 2.34. The van der Waals surface area contributed by atoms with Crippen molar-refractivity contribution in [2.45, 2.75) is 13.5 Å². The van der Waals surface area contributed by atoms with Crippen LogP contribution in [0.25, 0.3) is 28.0 Å². The second-order valence-electron chi connectivity index (χ2n) is 7.36. The molecule has 0 saturated carbocycles. The van der Waals surface area contributed by atoms with Gasteiger partial charge in [0.15, 0.2) is 5.65 Å². The van der Waals surface area contributed by atoms with Gasteiger partial charge in [-0.15, -0.1) is 0 Å². The summed E-state index contributed by atoms with van der Waals surface area (Å²) in [5, 5.41) is 14.9. The number of hydrogen-bond donors (Lipinski definition) is 1. The maximum Gasteiger partial charge on any atom is 0.166 e. The van der Waals surface area contributed by atoms with E-state index in [0.717, 1.165) is 16.8 Å². The number of halogens is 2. The number of aliphatic hydroxyl groups excluding tert-OH is 1. The van der Waals surface area contributed by atoms with E-state index in [1.165, 1.54) is 12.1 Å². The minimum Gasteiger partial charge on any atom is -0.395 e. The average molecular weight is 455 g/mol. The molecule has 1 N–H and O–H groups in total. The molecule has 0 bridgehead atoms. The predicted molar refractivity (Wildman–Crippen MR) is 125 cm³/mol. The first kappa shape index (κ1) is 22.2. The minimum absolute atomic E-state index is 0.0163. The van der Waals surface area contributed by atoms with E-state index in [0.29, 0.717) is 47.5 Å². The molecular formula is C24H24ClFN4O2. The quantitative estimate of drug-likeness (QED) is 0.413. The molecule has 0 aliphatic carbocycles. The molecule has 6 nitrogen and oxygen atoms in total. The van der Waals surface area contributed by atoms with Gasteiger partial charge in [0.1, 0.15) is 11.6 Å². The Morgan fingerprint density at radius 1 is 1.12 bits per heavy atom. The van der Waals surface area contributed by atoms with Gasteiger partial charge in [-0.25, -0.2) is 13.9 Å². The largest absolute Gasteiger partial charge is 0.395 e. The van der Waals surface area contributed by atoms with E-state index >= 15 is 0 Å². The van der Waals surface area contributed by atoms with Gasteiger partial charge >= 0.3 is 0 Å². The fraction of sp³-hybridized carbons (Fsp3) is 0.250. The summed E-state index contributed by atoms with van der Waals surface area (Å²) in [4.78, 5) is 6.71. The summed E-state index contributed by atoms with van der Waals surface area (Å²) in [5.74, 6) is 0.307. The Hall–Kier alpha value is -3.00. The average Bonchev–Trinajstić information content (AvgIpc) is 3.16. The molecule has 0 saturated heterocycles. The highest BCUT2D eigenvalue weighted by atomic mass is 35.5. The molecule has 4 rings (SSSR count). The second-order valence-corrected chi connectivity index (χ2v) is 7.79. The number of rotatable bonds is 8. The topological polar surface area (TPSA) is 62.9 Å². The Morgan fingerprint density at radius 3 is 2.59 bits per heavy atom. The van der Waals surface area contributed by atoms with Crippen LogP contribution < -0.4 is 4.90 Å². The van der Waals surface area contributed by atoms with Crippen molar-refractivity contribution < 1.29 is 14.2 Å². The highest BCUT2D eigenvalue weighted by Gasteiger charge is 2.21. The van der Waals surface area contributed by atoms with Gasteiger partial charge in [0.25, 0.3) is 0 Å². The zero-order chi connectivity index (χ0) is 22.7. The third kappa shape index (κ3) is 4.46. The first-order valence-corrected chi connectivity index (χ1v) is 10.7. The van der Waals surface area contributed by atoms with E-state index in [-0.39, 0.29) is 12.4 Å². The van der Waals surface area contributed by atoms with Gasteiger partial charge in [0.05, 0.1) is 30.2 Å². The molecule has 0 fully saturated rings. The minimum atomic E-state index is -0.336. The number of ether oxygens (including phenoxy) is 1. The number of hydrogen-bond acceptors (Lipinski definition) is 5. The lowest BCUT2D eigenvalue weighted by molar-refractivity contribution is 0.131. The number of benzene rings is 2. The van der Waals surface area contributed by atoms with Crippen LogP contribution in [-0.4, -0.2) is 46.5 Å². The lowest BCUT2D eigenvalue weighted by Gasteiger charge is -2.18. The molecule has 0 spiro atoms. The summed E-state index contributed by atoms with van der Waals surface area (Å²) in [6.45, 7) is 3.17. The van der Waals surface area contributed by atoms with Gasteiger partial charge in [0.2, 0.25) is 0 Å². The standard InChI is InChI=1S/C24H24ClFN4O2/c1-3-32-15-20-23(16-7-9-18(25)10-8-16)24-27-22(29(2)11-12-31)14-21(30(24)28-20)17-5-4-6-19(26)13-17/h4-10,13-14,31H,3,11-12,15H2,1-2H3. The van der Waals surface area contributed by atoms with Crippen LogP contribution in [0.4, 0.5) is 10.2 Å². The van der Waals surface area contributed by atoms with Gasteiger partial charge in [-0.05, 0) is 36.8 Å². The van der Waals surface area contributed by atoms with E-state index in [1.54, 1.807) is 10.6 Å². The molecule has 2 heterocycles. The molecular weight excluding hydrogens is 431 g/mol. The van der Waals surface area contributed by atoms with Gasteiger partial charge in [-0.2, -0.15) is 5.10 Å². The summed E-state index contributed by atoms with van der Waals surface area (Å²) < 4.78 is 21.5. The zero-order valence-corrected chi connectivity index (χ0v) is 18.7. The van der Waals surface area contributed by atoms with Crippen LogP contribution in [0.3, 0.4) is 0 Å². The van der Waals surface area contributed by atoms with Crippen LogP contribution in [0.2, 0.25) is 5.02 Å². The number of aromatic nitrogens is 3. The molecule has 2 aromatic carbocycles. The Bertz CT molecular complexity index is 1230. The van der Waals surface area contributed by atoms with Crippen LogP contribution in [0.1, 0.15) is 12.6 Å². The Morgan fingerprint density at radius 2 is 1.91 bits per heavy atom. The monoisotopic (exact) mass is 454 g/mol. The van der Waals surface area contributed by atoms with E-state index in [2.05, 4.69) is 0 Å². The van der Waals surface area contributed by atoms with Crippen LogP contribution in [-0.2, 0) is 11.3 Å². The normalized spacial score (nSPS) is 11.3. The van der Waals surface area contributed by atoms with Crippen LogP contribution in [0, 0.1) is 5.82 Å². The molecule has 32 heavy (non-hydrogen) atoms. The van der Waals surface area contributed by atoms with Crippen molar-refractivity contribution in [2.75, 3.05) is 31.7 Å². The molecule has 0 amide bonds. The lowest BCUT2D eigenvalue weighted by atomic mass is 10.1. The number of aliphatic hydroxyl groups is 1. The summed E-state index contributed by atoms with van der Waals surface area (Å²) in [5.41, 5.74) is 4.42. The first-order chi connectivity index (χ1) is 15.5. The summed E-state index contributed by atoms with van der Waals surface area (Å²) in [7, 11) is 1.85. The fourth-order valence-electron chi connectivity index (χ4n) is 3.57. The Kier molecular flexibility index (Phi) is 6.69. The Balaban J connectivity index is 2.03. The van der Waals surface area contributed by atoms with Crippen molar-refractivity contribution in [1.29, 1.82) is 0 Å². The van der Waals surface area contributed by atoms with Crippen LogP contribution in [0.15, 0.2) is 54.6 Å². The number of likely N-dealkylation sites (N-methyl/N-ethyl adjacent to an activating group) is 1. The van der Waals surface area contributed by atoms with Crippen molar-refractivity contribution >= 4 is 23.1 Å². The van der Waals surface area contributed by atoms with Gasteiger partial charge in [-0.1, -0.05) is 35.9 Å².